The van der Waals surface area contributed by atoms with Crippen LogP contribution >= 0.6 is 0 Å². The third-order valence-corrected chi connectivity index (χ3v) is 3.73. The van der Waals surface area contributed by atoms with Gasteiger partial charge in [-0.1, -0.05) is 12.1 Å². The van der Waals surface area contributed by atoms with Crippen molar-refractivity contribution in [2.24, 2.45) is 0 Å². The van der Waals surface area contributed by atoms with E-state index in [2.05, 4.69) is 0 Å². The lowest BCUT2D eigenvalue weighted by Crippen LogP contribution is -2.12. The minimum absolute atomic E-state index is 0.498. The molecule has 0 radical (unpaired) electrons. The molecule has 2 nitrogen and oxygen atoms in total. The van der Waals surface area contributed by atoms with E-state index in [-0.39, 0.29) is 0 Å². The van der Waals surface area contributed by atoms with Crippen molar-refractivity contribution in [2.75, 3.05) is 7.11 Å². The number of ether oxygens (including phenoxy) is 1. The fraction of sp³-hybridized carbons (Fsp3) is 0.429. The Labute approximate surface area is 108 Å². The Morgan fingerprint density at radius 3 is 2.74 bits per heavy atom. The summed E-state index contributed by atoms with van der Waals surface area (Å²) >= 11 is 0. The normalized spacial score (nSPS) is 18.8. The van der Waals surface area contributed by atoms with E-state index in [0.29, 0.717) is 24.4 Å². The quantitative estimate of drug-likeness (QED) is 0.801. The van der Waals surface area contributed by atoms with E-state index in [9.17, 15) is 13.2 Å². The predicted octanol–water partition coefficient (Wildman–Crippen LogP) is 4.09. The highest BCUT2D eigenvalue weighted by molar-refractivity contribution is 5.89. The summed E-state index contributed by atoms with van der Waals surface area (Å²) in [7, 11) is 1.52. The van der Waals surface area contributed by atoms with E-state index in [4.69, 9.17) is 4.74 Å². The molecule has 0 N–H and O–H groups in total. The van der Waals surface area contributed by atoms with Crippen molar-refractivity contribution in [3.05, 3.63) is 30.0 Å². The van der Waals surface area contributed by atoms with E-state index in [1.807, 2.05) is 28.8 Å². The summed E-state index contributed by atoms with van der Waals surface area (Å²) in [5.74, 6) is 0.102. The van der Waals surface area contributed by atoms with Crippen LogP contribution in [0.4, 0.5) is 13.2 Å². The van der Waals surface area contributed by atoms with Gasteiger partial charge in [-0.3, -0.25) is 0 Å². The van der Waals surface area contributed by atoms with Crippen LogP contribution < -0.4 is 4.74 Å². The minimum atomic E-state index is -4.14. The Kier molecular flexibility index (Phi) is 2.73. The van der Waals surface area contributed by atoms with E-state index in [1.54, 1.807) is 0 Å². The number of para-hydroxylation sites is 1. The molecule has 0 spiro atoms. The summed E-state index contributed by atoms with van der Waals surface area (Å²) in [6.45, 7) is 0.625. The van der Waals surface area contributed by atoms with Crippen LogP contribution in [0.1, 0.15) is 24.5 Å². The van der Waals surface area contributed by atoms with E-state index in [1.165, 1.54) is 7.11 Å². The van der Waals surface area contributed by atoms with Crippen LogP contribution in [0.15, 0.2) is 24.3 Å². The summed E-state index contributed by atoms with van der Waals surface area (Å²) in [5, 5.41) is 0.895. The van der Waals surface area contributed by atoms with E-state index >= 15 is 0 Å². The number of fused-ring (bicyclic) bond motifs is 3. The van der Waals surface area contributed by atoms with Gasteiger partial charge in [0.25, 0.3) is 0 Å². The Hall–Kier alpha value is -1.65. The number of alkyl halides is 3. The zero-order valence-corrected chi connectivity index (χ0v) is 10.5. The summed E-state index contributed by atoms with van der Waals surface area (Å²) in [4.78, 5) is 0. The van der Waals surface area contributed by atoms with Crippen molar-refractivity contribution in [1.29, 1.82) is 0 Å². The molecule has 1 aliphatic heterocycles. The second-order valence-electron chi connectivity index (χ2n) is 4.89. The van der Waals surface area contributed by atoms with Crippen molar-refractivity contribution >= 4 is 10.9 Å². The lowest BCUT2D eigenvalue weighted by Gasteiger charge is -2.14. The van der Waals surface area contributed by atoms with Crippen molar-refractivity contribution in [3.63, 3.8) is 0 Å². The molecule has 0 saturated heterocycles. The molecule has 1 atom stereocenters. The average Bonchev–Trinajstić information content (AvgIpc) is 2.86. The van der Waals surface area contributed by atoms with Crippen LogP contribution in [-0.4, -0.2) is 17.9 Å². The first-order chi connectivity index (χ1) is 9.01. The number of aromatic nitrogens is 1. The Morgan fingerprint density at radius 1 is 1.32 bits per heavy atom. The molecule has 102 valence electrons. The summed E-state index contributed by atoms with van der Waals surface area (Å²) in [5.41, 5.74) is 1.65. The van der Waals surface area contributed by atoms with Gasteiger partial charge in [0, 0.05) is 17.8 Å². The fourth-order valence-electron chi connectivity index (χ4n) is 3.05. The molecule has 1 unspecified atom stereocenters. The standard InChI is InChI=1S/C14H14F3NO/c1-19-13-10-4-2-3-5-11(10)18-7-6-9(12(13)18)8-14(15,16)17/h2-5,9H,6-8H2,1H3. The van der Waals surface area contributed by atoms with Gasteiger partial charge in [0.2, 0.25) is 0 Å². The molecule has 19 heavy (non-hydrogen) atoms. The fourth-order valence-corrected chi connectivity index (χ4v) is 3.05. The Bertz CT molecular complexity index is 600. The molecule has 2 aromatic rings. The molecular formula is C14H14F3NO. The van der Waals surface area contributed by atoms with Crippen LogP contribution in [0.3, 0.4) is 0 Å². The third kappa shape index (κ3) is 1.97. The monoisotopic (exact) mass is 269 g/mol. The molecule has 0 saturated carbocycles. The maximum atomic E-state index is 12.6. The summed E-state index contributed by atoms with van der Waals surface area (Å²) < 4.78 is 45.3. The second-order valence-corrected chi connectivity index (χ2v) is 4.89. The van der Waals surface area contributed by atoms with Crippen molar-refractivity contribution in [2.45, 2.75) is 31.5 Å². The number of hydrogen-bond acceptors (Lipinski definition) is 1. The first-order valence-electron chi connectivity index (χ1n) is 6.23. The Balaban J connectivity index is 2.14. The second kappa shape index (κ2) is 4.18. The van der Waals surface area contributed by atoms with Crippen LogP contribution in [-0.2, 0) is 6.54 Å². The third-order valence-electron chi connectivity index (χ3n) is 3.73. The van der Waals surface area contributed by atoms with Gasteiger partial charge in [-0.05, 0) is 18.6 Å². The maximum absolute atomic E-state index is 12.6. The largest absolute Gasteiger partial charge is 0.494 e. The molecule has 1 aromatic heterocycles. The van der Waals surface area contributed by atoms with Crippen molar-refractivity contribution in [1.82, 2.24) is 4.57 Å². The maximum Gasteiger partial charge on any atom is 0.389 e. The van der Waals surface area contributed by atoms with Gasteiger partial charge in [-0.15, -0.1) is 0 Å². The molecule has 2 heterocycles. The van der Waals surface area contributed by atoms with Crippen LogP contribution in [0.25, 0.3) is 10.9 Å². The predicted molar refractivity (Wildman–Crippen MR) is 66.5 cm³/mol. The van der Waals surface area contributed by atoms with Gasteiger partial charge in [-0.25, -0.2) is 0 Å². The molecular weight excluding hydrogens is 255 g/mol. The number of aryl methyl sites for hydroxylation is 1. The molecule has 1 aliphatic rings. The first-order valence-corrected chi connectivity index (χ1v) is 6.23. The minimum Gasteiger partial charge on any atom is -0.494 e. The number of benzene rings is 1. The van der Waals surface area contributed by atoms with Gasteiger partial charge in [-0.2, -0.15) is 13.2 Å². The first kappa shape index (κ1) is 12.4. The molecule has 0 aliphatic carbocycles. The molecule has 0 bridgehead atoms. The number of rotatable bonds is 2. The molecule has 3 rings (SSSR count). The Morgan fingerprint density at radius 2 is 2.05 bits per heavy atom. The number of nitrogens with zero attached hydrogens (tertiary/aromatic N) is 1. The van der Waals surface area contributed by atoms with Crippen LogP contribution in [0.5, 0.6) is 5.75 Å². The van der Waals surface area contributed by atoms with Gasteiger partial charge in [0.05, 0.1) is 24.7 Å². The molecule has 5 heteroatoms. The SMILES string of the molecule is COc1c2n(c3ccccc13)CCC2CC(F)(F)F. The van der Waals surface area contributed by atoms with Gasteiger partial charge in [0.1, 0.15) is 5.75 Å². The van der Waals surface area contributed by atoms with E-state index < -0.39 is 18.5 Å². The lowest BCUT2D eigenvalue weighted by molar-refractivity contribution is -0.138. The number of methoxy groups -OCH3 is 1. The van der Waals surface area contributed by atoms with Gasteiger partial charge in [0.15, 0.2) is 0 Å². The lowest BCUT2D eigenvalue weighted by atomic mass is 9.99. The van der Waals surface area contributed by atoms with Crippen molar-refractivity contribution < 1.29 is 17.9 Å². The average molecular weight is 269 g/mol. The highest BCUT2D eigenvalue weighted by Crippen LogP contribution is 2.46. The van der Waals surface area contributed by atoms with E-state index in [0.717, 1.165) is 10.9 Å². The smallest absolute Gasteiger partial charge is 0.389 e. The number of hydrogen-bond donors (Lipinski definition) is 0. The summed E-state index contributed by atoms with van der Waals surface area (Å²) in [6.07, 6.45) is -4.39. The topological polar surface area (TPSA) is 14.2 Å². The highest BCUT2D eigenvalue weighted by atomic mass is 19.4. The van der Waals surface area contributed by atoms with Crippen molar-refractivity contribution in [3.8, 4) is 5.75 Å². The zero-order valence-electron chi connectivity index (χ0n) is 10.5. The van der Waals surface area contributed by atoms with Crippen LogP contribution in [0, 0.1) is 0 Å². The number of halogens is 3. The molecule has 0 amide bonds. The van der Waals surface area contributed by atoms with Gasteiger partial charge < -0.3 is 9.30 Å². The van der Waals surface area contributed by atoms with Gasteiger partial charge >= 0.3 is 6.18 Å². The molecule has 1 aromatic carbocycles. The zero-order chi connectivity index (χ0) is 13.6. The van der Waals surface area contributed by atoms with Crippen LogP contribution in [0.2, 0.25) is 0 Å². The highest BCUT2D eigenvalue weighted by Gasteiger charge is 2.38. The molecule has 0 fully saturated rings. The summed E-state index contributed by atoms with van der Waals surface area (Å²) in [6, 6.07) is 7.59.